The van der Waals surface area contributed by atoms with Gasteiger partial charge in [-0.25, -0.2) is 0 Å². The fraction of sp³-hybridized carbons (Fsp3) is 1.00. The third-order valence-electron chi connectivity index (χ3n) is 2.99. The van der Waals surface area contributed by atoms with Crippen LogP contribution in [0, 0.1) is 5.92 Å². The van der Waals surface area contributed by atoms with Crippen molar-refractivity contribution >= 4 is 0 Å². The first-order valence-electron chi connectivity index (χ1n) is 5.91. The van der Waals surface area contributed by atoms with Gasteiger partial charge in [0.15, 0.2) is 0 Å². The Kier molecular flexibility index (Phi) is 4.22. The second kappa shape index (κ2) is 5.69. The molecule has 14 heavy (non-hydrogen) atoms. The Bertz CT molecular complexity index is 149. The Morgan fingerprint density at radius 3 is 2.57 bits per heavy atom. The zero-order valence-corrected chi connectivity index (χ0v) is 8.91. The summed E-state index contributed by atoms with van der Waals surface area (Å²) in [4.78, 5) is 5.75. The van der Waals surface area contributed by atoms with Crippen molar-refractivity contribution in [3.8, 4) is 0 Å². The van der Waals surface area contributed by atoms with Crippen molar-refractivity contribution in [3.63, 3.8) is 0 Å². The fourth-order valence-corrected chi connectivity index (χ4v) is 2.00. The number of rotatable bonds is 2. The molecule has 0 aromatic heterocycles. The van der Waals surface area contributed by atoms with Crippen LogP contribution in [0.25, 0.3) is 0 Å². The molecule has 2 rings (SSSR count). The van der Waals surface area contributed by atoms with Gasteiger partial charge in [0.25, 0.3) is 0 Å². The lowest BCUT2D eigenvalue weighted by Gasteiger charge is -2.31. The molecular formula is C11H21NO2. The Balaban J connectivity index is 1.69. The quantitative estimate of drug-likeness (QED) is 0.677. The maximum Gasteiger partial charge on any atom is 0.0685 e. The van der Waals surface area contributed by atoms with Crippen LogP contribution in [-0.4, -0.2) is 38.0 Å². The van der Waals surface area contributed by atoms with Crippen molar-refractivity contribution in [2.45, 2.75) is 32.1 Å². The Morgan fingerprint density at radius 1 is 1.00 bits per heavy atom. The minimum absolute atomic E-state index is 0.718. The summed E-state index contributed by atoms with van der Waals surface area (Å²) in [6, 6.07) is 0. The van der Waals surface area contributed by atoms with Crippen molar-refractivity contribution in [1.82, 2.24) is 5.06 Å². The standard InChI is InChI=1S/C11H21NO2/c1-2-4-6-12(14-7-5-3-1)8-11-9-13-10-11/h11H,1-10H2. The molecule has 3 heteroatoms. The van der Waals surface area contributed by atoms with Crippen LogP contribution in [0.2, 0.25) is 0 Å². The molecule has 0 radical (unpaired) electrons. The molecule has 2 aliphatic rings. The molecule has 0 spiro atoms. The van der Waals surface area contributed by atoms with Gasteiger partial charge in [0.2, 0.25) is 0 Å². The average molecular weight is 199 g/mol. The zero-order chi connectivity index (χ0) is 9.64. The molecule has 0 amide bonds. The summed E-state index contributed by atoms with van der Waals surface area (Å²) in [5.41, 5.74) is 0. The van der Waals surface area contributed by atoms with Crippen LogP contribution in [0.15, 0.2) is 0 Å². The van der Waals surface area contributed by atoms with Crippen LogP contribution in [-0.2, 0) is 9.57 Å². The van der Waals surface area contributed by atoms with Gasteiger partial charge >= 0.3 is 0 Å². The van der Waals surface area contributed by atoms with Gasteiger partial charge in [0.1, 0.15) is 0 Å². The van der Waals surface area contributed by atoms with Gasteiger partial charge in [0.05, 0.1) is 19.8 Å². The fourth-order valence-electron chi connectivity index (χ4n) is 2.00. The summed E-state index contributed by atoms with van der Waals surface area (Å²) in [6.07, 6.45) is 6.58. The van der Waals surface area contributed by atoms with Gasteiger partial charge in [-0.2, -0.15) is 5.06 Å². The van der Waals surface area contributed by atoms with Gasteiger partial charge < -0.3 is 4.74 Å². The molecular weight excluding hydrogens is 178 g/mol. The van der Waals surface area contributed by atoms with E-state index in [1.165, 1.54) is 32.1 Å². The van der Waals surface area contributed by atoms with E-state index in [1.54, 1.807) is 0 Å². The summed E-state index contributed by atoms with van der Waals surface area (Å²) >= 11 is 0. The SMILES string of the molecule is C1CCCON(CC2COC2)CCC1. The first kappa shape index (κ1) is 10.4. The lowest BCUT2D eigenvalue weighted by Crippen LogP contribution is -2.40. The number of ether oxygens (including phenoxy) is 1. The summed E-state index contributed by atoms with van der Waals surface area (Å²) in [5, 5.41) is 2.17. The number of hydrogen-bond donors (Lipinski definition) is 0. The number of hydrogen-bond acceptors (Lipinski definition) is 3. The molecule has 0 saturated carbocycles. The highest BCUT2D eigenvalue weighted by Gasteiger charge is 2.22. The first-order chi connectivity index (χ1) is 6.95. The van der Waals surface area contributed by atoms with Crippen molar-refractivity contribution in [3.05, 3.63) is 0 Å². The molecule has 3 nitrogen and oxygen atoms in total. The van der Waals surface area contributed by atoms with Gasteiger partial charge in [-0.3, -0.25) is 4.84 Å². The lowest BCUT2D eigenvalue weighted by atomic mass is 10.1. The third kappa shape index (κ3) is 3.23. The van der Waals surface area contributed by atoms with Crippen molar-refractivity contribution in [1.29, 1.82) is 0 Å². The smallest absolute Gasteiger partial charge is 0.0685 e. The maximum absolute atomic E-state index is 5.75. The molecule has 0 aromatic rings. The summed E-state index contributed by atoms with van der Waals surface area (Å²) in [5.74, 6) is 0.718. The Morgan fingerprint density at radius 2 is 1.79 bits per heavy atom. The third-order valence-corrected chi connectivity index (χ3v) is 2.99. The highest BCUT2D eigenvalue weighted by molar-refractivity contribution is 4.68. The molecule has 82 valence electrons. The van der Waals surface area contributed by atoms with Crippen LogP contribution in [0.5, 0.6) is 0 Å². The van der Waals surface area contributed by atoms with Crippen LogP contribution >= 0.6 is 0 Å². The second-order valence-corrected chi connectivity index (χ2v) is 4.39. The first-order valence-corrected chi connectivity index (χ1v) is 5.91. The molecule has 0 bridgehead atoms. The molecule has 2 aliphatic heterocycles. The van der Waals surface area contributed by atoms with E-state index in [-0.39, 0.29) is 0 Å². The lowest BCUT2D eigenvalue weighted by molar-refractivity contribution is -0.186. The molecule has 2 saturated heterocycles. The predicted octanol–water partition coefficient (Wildman–Crippen LogP) is 1.83. The minimum atomic E-state index is 0.718. The van der Waals surface area contributed by atoms with E-state index in [0.29, 0.717) is 0 Å². The molecule has 0 unspecified atom stereocenters. The van der Waals surface area contributed by atoms with Gasteiger partial charge in [-0.1, -0.05) is 19.3 Å². The van der Waals surface area contributed by atoms with E-state index in [2.05, 4.69) is 5.06 Å². The Hall–Kier alpha value is -0.120. The van der Waals surface area contributed by atoms with Crippen molar-refractivity contribution in [2.75, 3.05) is 32.9 Å². The molecule has 0 aromatic carbocycles. The molecule has 2 heterocycles. The monoisotopic (exact) mass is 199 g/mol. The normalized spacial score (nSPS) is 27.4. The van der Waals surface area contributed by atoms with Crippen LogP contribution in [0.4, 0.5) is 0 Å². The Labute approximate surface area is 86.3 Å². The number of nitrogens with zero attached hydrogens (tertiary/aromatic N) is 1. The molecule has 0 aliphatic carbocycles. The largest absolute Gasteiger partial charge is 0.381 e. The van der Waals surface area contributed by atoms with Crippen LogP contribution in [0.1, 0.15) is 32.1 Å². The second-order valence-electron chi connectivity index (χ2n) is 4.39. The van der Waals surface area contributed by atoms with Crippen molar-refractivity contribution < 1.29 is 9.57 Å². The molecule has 0 atom stereocenters. The van der Waals surface area contributed by atoms with Crippen LogP contribution in [0.3, 0.4) is 0 Å². The molecule has 2 fully saturated rings. The predicted molar refractivity (Wildman–Crippen MR) is 54.9 cm³/mol. The van der Waals surface area contributed by atoms with Gasteiger partial charge in [-0.05, 0) is 12.8 Å². The molecule has 0 N–H and O–H groups in total. The van der Waals surface area contributed by atoms with E-state index < -0.39 is 0 Å². The average Bonchev–Trinajstić information content (AvgIpc) is 2.24. The topological polar surface area (TPSA) is 21.7 Å². The van der Waals surface area contributed by atoms with E-state index in [0.717, 1.165) is 38.8 Å². The van der Waals surface area contributed by atoms with E-state index >= 15 is 0 Å². The van der Waals surface area contributed by atoms with Crippen LogP contribution < -0.4 is 0 Å². The number of hydroxylamine groups is 2. The highest BCUT2D eigenvalue weighted by atomic mass is 16.7. The summed E-state index contributed by atoms with van der Waals surface area (Å²) in [7, 11) is 0. The maximum atomic E-state index is 5.75. The summed E-state index contributed by atoms with van der Waals surface area (Å²) in [6.45, 7) is 4.95. The van der Waals surface area contributed by atoms with Gasteiger partial charge in [0, 0.05) is 19.0 Å². The summed E-state index contributed by atoms with van der Waals surface area (Å²) < 4.78 is 5.17. The van der Waals surface area contributed by atoms with E-state index in [4.69, 9.17) is 9.57 Å². The minimum Gasteiger partial charge on any atom is -0.381 e. The van der Waals surface area contributed by atoms with E-state index in [9.17, 15) is 0 Å². The van der Waals surface area contributed by atoms with Crippen molar-refractivity contribution in [2.24, 2.45) is 5.92 Å². The van der Waals surface area contributed by atoms with Gasteiger partial charge in [-0.15, -0.1) is 0 Å². The highest BCUT2D eigenvalue weighted by Crippen LogP contribution is 2.15. The zero-order valence-electron chi connectivity index (χ0n) is 8.91. The van der Waals surface area contributed by atoms with E-state index in [1.807, 2.05) is 0 Å².